The lowest BCUT2D eigenvalue weighted by Crippen LogP contribution is -1.87. The number of hydrogen-bond acceptors (Lipinski definition) is 3. The van der Waals surface area contributed by atoms with Crippen LogP contribution in [-0.2, 0) is 0 Å². The maximum absolute atomic E-state index is 8.39. The van der Waals surface area contributed by atoms with Crippen LogP contribution in [0.25, 0.3) is 0 Å². The predicted molar refractivity (Wildman–Crippen MR) is 39.5 cm³/mol. The number of nitrogens with zero attached hydrogens (tertiary/aromatic N) is 3. The van der Waals surface area contributed by atoms with Crippen molar-refractivity contribution in [1.29, 1.82) is 5.26 Å². The Kier molecular flexibility index (Phi) is 2.20. The van der Waals surface area contributed by atoms with Gasteiger partial charge in [-0.25, -0.2) is 9.97 Å². The average molecular weight is 218 g/mol. The Hall–Kier alpha value is -0.660. The van der Waals surface area contributed by atoms with Crippen molar-refractivity contribution >= 4 is 27.5 Å². The zero-order chi connectivity index (χ0) is 7.56. The maximum Gasteiger partial charge on any atom is 0.179 e. The van der Waals surface area contributed by atoms with Gasteiger partial charge in [-0.05, 0) is 15.9 Å². The molecule has 0 unspecified atom stereocenters. The lowest BCUT2D eigenvalue weighted by Gasteiger charge is -1.91. The second kappa shape index (κ2) is 2.95. The topological polar surface area (TPSA) is 49.6 Å². The zero-order valence-corrected chi connectivity index (χ0v) is 7.02. The molecule has 0 aromatic carbocycles. The molecule has 0 saturated carbocycles. The van der Waals surface area contributed by atoms with E-state index in [0.29, 0.717) is 4.60 Å². The monoisotopic (exact) mass is 217 g/mol. The Balaban J connectivity index is 3.25. The fraction of sp³-hybridized carbons (Fsp3) is 0. The lowest BCUT2D eigenvalue weighted by atomic mass is 10.5. The summed E-state index contributed by atoms with van der Waals surface area (Å²) in [6, 6.07) is 1.80. The molecular weight excluding hydrogens is 217 g/mol. The van der Waals surface area contributed by atoms with E-state index in [2.05, 4.69) is 25.9 Å². The second-order valence-corrected chi connectivity index (χ2v) is 2.61. The van der Waals surface area contributed by atoms with Gasteiger partial charge in [-0.2, -0.15) is 5.26 Å². The molecule has 0 amide bonds. The highest BCUT2D eigenvalue weighted by molar-refractivity contribution is 9.10. The van der Waals surface area contributed by atoms with Gasteiger partial charge in [0.2, 0.25) is 0 Å². The molecule has 0 aliphatic heterocycles. The van der Waals surface area contributed by atoms with E-state index in [1.807, 2.05) is 0 Å². The van der Waals surface area contributed by atoms with Gasteiger partial charge in [-0.15, -0.1) is 0 Å². The SMILES string of the molecule is N#Cc1nc(Br)cnc1Cl. The molecule has 1 rings (SSSR count). The molecule has 3 nitrogen and oxygen atoms in total. The van der Waals surface area contributed by atoms with Crippen molar-refractivity contribution in [2.45, 2.75) is 0 Å². The number of rotatable bonds is 0. The quantitative estimate of drug-likeness (QED) is 0.667. The summed E-state index contributed by atoms with van der Waals surface area (Å²) in [5, 5.41) is 8.52. The lowest BCUT2D eigenvalue weighted by molar-refractivity contribution is 1.13. The average Bonchev–Trinajstić information content (AvgIpc) is 1.94. The first-order valence-electron chi connectivity index (χ1n) is 2.32. The fourth-order valence-corrected chi connectivity index (χ4v) is 0.837. The van der Waals surface area contributed by atoms with Gasteiger partial charge in [0, 0.05) is 0 Å². The number of aromatic nitrogens is 2. The Morgan fingerprint density at radius 3 is 2.90 bits per heavy atom. The van der Waals surface area contributed by atoms with Crippen LogP contribution in [0.2, 0.25) is 5.15 Å². The summed E-state index contributed by atoms with van der Waals surface area (Å²) in [6.45, 7) is 0. The number of nitriles is 1. The van der Waals surface area contributed by atoms with Crippen LogP contribution in [-0.4, -0.2) is 9.97 Å². The van der Waals surface area contributed by atoms with E-state index >= 15 is 0 Å². The third-order valence-corrected chi connectivity index (χ3v) is 1.46. The summed E-state index contributed by atoms with van der Waals surface area (Å²) in [6.07, 6.45) is 1.43. The number of halogens is 2. The molecule has 0 bridgehead atoms. The zero-order valence-electron chi connectivity index (χ0n) is 4.67. The minimum atomic E-state index is 0.130. The molecule has 0 aliphatic rings. The van der Waals surface area contributed by atoms with Gasteiger partial charge in [0.25, 0.3) is 0 Å². The van der Waals surface area contributed by atoms with Crippen LogP contribution in [0.15, 0.2) is 10.8 Å². The normalized spacial score (nSPS) is 8.90. The standard InChI is InChI=1S/C5HBrClN3/c6-4-2-9-5(7)3(1-8)10-4/h2H. The van der Waals surface area contributed by atoms with E-state index in [-0.39, 0.29) is 10.8 Å². The molecule has 0 radical (unpaired) electrons. The van der Waals surface area contributed by atoms with Gasteiger partial charge in [-0.1, -0.05) is 11.6 Å². The van der Waals surface area contributed by atoms with Crippen molar-refractivity contribution in [2.75, 3.05) is 0 Å². The van der Waals surface area contributed by atoms with Gasteiger partial charge in [0.1, 0.15) is 10.7 Å². The number of hydrogen-bond donors (Lipinski definition) is 0. The van der Waals surface area contributed by atoms with Crippen molar-refractivity contribution in [2.24, 2.45) is 0 Å². The maximum atomic E-state index is 8.39. The van der Waals surface area contributed by atoms with Gasteiger partial charge >= 0.3 is 0 Å². The van der Waals surface area contributed by atoms with Crippen LogP contribution in [0.3, 0.4) is 0 Å². The Morgan fingerprint density at radius 1 is 1.70 bits per heavy atom. The summed E-state index contributed by atoms with van der Waals surface area (Å²) in [4.78, 5) is 7.44. The predicted octanol–water partition coefficient (Wildman–Crippen LogP) is 1.76. The van der Waals surface area contributed by atoms with Crippen molar-refractivity contribution in [3.63, 3.8) is 0 Å². The first kappa shape index (κ1) is 7.45. The first-order chi connectivity index (χ1) is 4.74. The molecule has 0 spiro atoms. The summed E-state index contributed by atoms with van der Waals surface area (Å²) < 4.78 is 0.508. The molecule has 0 aliphatic carbocycles. The summed E-state index contributed by atoms with van der Waals surface area (Å²) in [5.41, 5.74) is 0.135. The van der Waals surface area contributed by atoms with Crippen LogP contribution in [0.4, 0.5) is 0 Å². The van der Waals surface area contributed by atoms with E-state index < -0.39 is 0 Å². The van der Waals surface area contributed by atoms with Crippen LogP contribution in [0, 0.1) is 11.3 Å². The van der Waals surface area contributed by atoms with Crippen molar-refractivity contribution in [3.8, 4) is 6.07 Å². The highest BCUT2D eigenvalue weighted by atomic mass is 79.9. The van der Waals surface area contributed by atoms with E-state index in [4.69, 9.17) is 16.9 Å². The first-order valence-corrected chi connectivity index (χ1v) is 3.49. The molecule has 0 N–H and O–H groups in total. The molecule has 0 fully saturated rings. The van der Waals surface area contributed by atoms with Crippen LogP contribution in [0.1, 0.15) is 5.69 Å². The van der Waals surface area contributed by atoms with E-state index in [9.17, 15) is 0 Å². The molecule has 0 atom stereocenters. The summed E-state index contributed by atoms with van der Waals surface area (Å²) >= 11 is 8.53. The van der Waals surface area contributed by atoms with Crippen LogP contribution >= 0.6 is 27.5 Å². The Morgan fingerprint density at radius 2 is 2.40 bits per heavy atom. The Labute approximate surface area is 70.8 Å². The van der Waals surface area contributed by atoms with Gasteiger partial charge < -0.3 is 0 Å². The van der Waals surface area contributed by atoms with E-state index in [1.165, 1.54) is 6.20 Å². The Bertz CT molecular complexity index is 293. The van der Waals surface area contributed by atoms with Gasteiger partial charge in [-0.3, -0.25) is 0 Å². The van der Waals surface area contributed by atoms with Crippen LogP contribution in [0.5, 0.6) is 0 Å². The minimum Gasteiger partial charge on any atom is -0.239 e. The van der Waals surface area contributed by atoms with Gasteiger partial charge in [0.05, 0.1) is 6.20 Å². The van der Waals surface area contributed by atoms with Crippen molar-refractivity contribution in [1.82, 2.24) is 9.97 Å². The molecule has 1 aromatic rings. The fourth-order valence-electron chi connectivity index (χ4n) is 0.424. The largest absolute Gasteiger partial charge is 0.239 e. The molecule has 5 heteroatoms. The minimum absolute atomic E-state index is 0.130. The van der Waals surface area contributed by atoms with Crippen molar-refractivity contribution in [3.05, 3.63) is 21.6 Å². The summed E-state index contributed by atoms with van der Waals surface area (Å²) in [5.74, 6) is 0. The van der Waals surface area contributed by atoms with Gasteiger partial charge in [0.15, 0.2) is 10.8 Å². The second-order valence-electron chi connectivity index (χ2n) is 1.44. The molecule has 50 valence electrons. The highest BCUT2D eigenvalue weighted by Crippen LogP contribution is 2.11. The third kappa shape index (κ3) is 1.43. The van der Waals surface area contributed by atoms with Crippen LogP contribution < -0.4 is 0 Å². The summed E-state index contributed by atoms with van der Waals surface area (Å²) in [7, 11) is 0. The highest BCUT2D eigenvalue weighted by Gasteiger charge is 2.00. The van der Waals surface area contributed by atoms with E-state index in [1.54, 1.807) is 6.07 Å². The molecule has 0 saturated heterocycles. The molecular formula is C5HBrClN3. The third-order valence-electron chi connectivity index (χ3n) is 0.804. The molecule has 10 heavy (non-hydrogen) atoms. The molecule has 1 aromatic heterocycles. The molecule has 1 heterocycles. The van der Waals surface area contributed by atoms with E-state index in [0.717, 1.165) is 0 Å². The van der Waals surface area contributed by atoms with Crippen molar-refractivity contribution < 1.29 is 0 Å². The smallest absolute Gasteiger partial charge is 0.179 e.